The smallest absolute Gasteiger partial charge is 0.341 e. The first-order valence-electron chi connectivity index (χ1n) is 10.5. The molecule has 4 rings (SSSR count). The molecule has 6 nitrogen and oxygen atoms in total. The number of hydrogen-bond acceptors (Lipinski definition) is 5. The molecule has 164 valence electrons. The summed E-state index contributed by atoms with van der Waals surface area (Å²) < 4.78 is 5.23. The zero-order chi connectivity index (χ0) is 22.3. The van der Waals surface area contributed by atoms with E-state index in [1.165, 1.54) is 0 Å². The van der Waals surface area contributed by atoms with Crippen molar-refractivity contribution in [2.45, 2.75) is 51.4 Å². The minimum absolute atomic E-state index is 0.0491. The molecular weight excluding hydrogens is 441 g/mol. The number of carbonyl (C=O) groups excluding carboxylic acids is 2. The number of allylic oxidation sites excluding steroid dienone is 4. The number of halogens is 2. The molecule has 8 heteroatoms. The van der Waals surface area contributed by atoms with E-state index in [9.17, 15) is 14.4 Å². The van der Waals surface area contributed by atoms with Crippen molar-refractivity contribution in [3.8, 4) is 5.75 Å². The second-order valence-electron chi connectivity index (χ2n) is 7.95. The summed E-state index contributed by atoms with van der Waals surface area (Å²) in [4.78, 5) is 39.2. The van der Waals surface area contributed by atoms with Gasteiger partial charge in [0.25, 0.3) is 0 Å². The molecule has 1 aromatic rings. The first-order valence-corrected chi connectivity index (χ1v) is 11.2. The second kappa shape index (κ2) is 8.67. The Balaban J connectivity index is 1.88. The Morgan fingerprint density at radius 1 is 1.03 bits per heavy atom. The van der Waals surface area contributed by atoms with Gasteiger partial charge >= 0.3 is 5.97 Å². The topological polar surface area (TPSA) is 83.9 Å². The van der Waals surface area contributed by atoms with Crippen molar-refractivity contribution in [3.63, 3.8) is 0 Å². The van der Waals surface area contributed by atoms with Gasteiger partial charge in [-0.3, -0.25) is 9.59 Å². The normalized spacial score (nSPS) is 19.5. The number of carboxylic acids is 1. The number of benzene rings is 1. The summed E-state index contributed by atoms with van der Waals surface area (Å²) in [7, 11) is 0. The number of ketones is 2. The van der Waals surface area contributed by atoms with Crippen LogP contribution < -0.4 is 4.74 Å². The van der Waals surface area contributed by atoms with Crippen LogP contribution in [0.5, 0.6) is 5.75 Å². The van der Waals surface area contributed by atoms with Crippen LogP contribution in [0.25, 0.3) is 0 Å². The third-order valence-electron chi connectivity index (χ3n) is 6.10. The molecule has 0 bridgehead atoms. The lowest BCUT2D eigenvalue weighted by Gasteiger charge is -2.43. The summed E-state index contributed by atoms with van der Waals surface area (Å²) >= 11 is 12.8. The van der Waals surface area contributed by atoms with Crippen molar-refractivity contribution in [1.29, 1.82) is 0 Å². The highest BCUT2D eigenvalue weighted by molar-refractivity contribution is 6.37. The molecular formula is C23H23Cl2NO5. The van der Waals surface area contributed by atoms with E-state index in [1.807, 2.05) is 6.92 Å². The van der Waals surface area contributed by atoms with Gasteiger partial charge in [-0.25, -0.2) is 4.79 Å². The predicted octanol–water partition coefficient (Wildman–Crippen LogP) is 4.89. The maximum Gasteiger partial charge on any atom is 0.341 e. The highest BCUT2D eigenvalue weighted by Crippen LogP contribution is 2.50. The van der Waals surface area contributed by atoms with Crippen LogP contribution in [0.15, 0.2) is 34.7 Å². The first kappa shape index (κ1) is 21.9. The summed E-state index contributed by atoms with van der Waals surface area (Å²) in [6.07, 6.45) is 4.06. The number of ether oxygens (including phenoxy) is 1. The van der Waals surface area contributed by atoms with Crippen LogP contribution in [0.4, 0.5) is 0 Å². The number of carboxylic acid groups (broad SMARTS) is 1. The lowest BCUT2D eigenvalue weighted by atomic mass is 9.71. The average molecular weight is 464 g/mol. The van der Waals surface area contributed by atoms with E-state index in [4.69, 9.17) is 33.0 Å². The number of carbonyl (C=O) groups is 3. The minimum Gasteiger partial charge on any atom is -0.479 e. The average Bonchev–Trinajstić information content (AvgIpc) is 2.71. The van der Waals surface area contributed by atoms with Gasteiger partial charge in [0, 0.05) is 47.8 Å². The van der Waals surface area contributed by atoms with E-state index < -0.39 is 18.5 Å². The highest BCUT2D eigenvalue weighted by atomic mass is 35.5. The standard InChI is InChI=1S/C23H23Cl2NO5/c1-2-26-15-5-3-7-17(27)21(15)20(22-16(26)6-4-8-18(22)28)12-9-13(24)23(14(25)10-12)31-11-19(29)30/h9-10,20H,2-8,11H2,1H3,(H,29,30). The van der Waals surface area contributed by atoms with Crippen molar-refractivity contribution in [2.24, 2.45) is 0 Å². The van der Waals surface area contributed by atoms with E-state index in [1.54, 1.807) is 12.1 Å². The highest BCUT2D eigenvalue weighted by Gasteiger charge is 2.43. The van der Waals surface area contributed by atoms with E-state index in [0.29, 0.717) is 36.1 Å². The Hall–Kier alpha value is -2.31. The van der Waals surface area contributed by atoms with Gasteiger partial charge in [0.05, 0.1) is 10.0 Å². The number of Topliss-reactive ketones (excluding diaryl/α,β-unsaturated/α-hetero) is 2. The maximum atomic E-state index is 13.1. The molecule has 0 aromatic heterocycles. The summed E-state index contributed by atoms with van der Waals surface area (Å²) in [5, 5.41) is 9.18. The number of rotatable bonds is 5. The molecule has 31 heavy (non-hydrogen) atoms. The Morgan fingerprint density at radius 2 is 1.55 bits per heavy atom. The number of hydrogen-bond donors (Lipinski definition) is 1. The molecule has 0 saturated carbocycles. The molecule has 1 aliphatic heterocycles. The zero-order valence-corrected chi connectivity index (χ0v) is 18.7. The van der Waals surface area contributed by atoms with Gasteiger partial charge in [-0.2, -0.15) is 0 Å². The van der Waals surface area contributed by atoms with Crippen molar-refractivity contribution < 1.29 is 24.2 Å². The summed E-state index contributed by atoms with van der Waals surface area (Å²) in [5.74, 6) is -1.49. The van der Waals surface area contributed by atoms with Gasteiger partial charge in [0.1, 0.15) is 0 Å². The van der Waals surface area contributed by atoms with Crippen LogP contribution in [0.3, 0.4) is 0 Å². The Morgan fingerprint density at radius 3 is 2.00 bits per heavy atom. The summed E-state index contributed by atoms with van der Waals surface area (Å²) in [5.41, 5.74) is 3.96. The molecule has 1 heterocycles. The number of nitrogens with zero attached hydrogens (tertiary/aromatic N) is 1. The fourth-order valence-corrected chi connectivity index (χ4v) is 5.56. The molecule has 3 aliphatic rings. The molecule has 0 amide bonds. The van der Waals surface area contributed by atoms with E-state index in [-0.39, 0.29) is 27.4 Å². The van der Waals surface area contributed by atoms with Gasteiger partial charge in [-0.05, 0) is 50.3 Å². The molecule has 1 N–H and O–H groups in total. The van der Waals surface area contributed by atoms with Crippen molar-refractivity contribution in [2.75, 3.05) is 13.2 Å². The van der Waals surface area contributed by atoms with Gasteiger partial charge < -0.3 is 14.7 Å². The molecule has 0 spiro atoms. The third kappa shape index (κ3) is 3.87. The SMILES string of the molecule is CCN1C2=C(C(=O)CCC2)C(c2cc(Cl)c(OCC(=O)O)c(Cl)c2)C2=C1CCCC2=O. The third-order valence-corrected chi connectivity index (χ3v) is 6.66. The summed E-state index contributed by atoms with van der Waals surface area (Å²) in [6.45, 7) is 2.17. The van der Waals surface area contributed by atoms with Gasteiger partial charge in [-0.1, -0.05) is 23.2 Å². The predicted molar refractivity (Wildman–Crippen MR) is 116 cm³/mol. The van der Waals surface area contributed by atoms with Crippen LogP contribution in [0.2, 0.25) is 10.0 Å². The molecule has 0 saturated heterocycles. The lowest BCUT2D eigenvalue weighted by Crippen LogP contribution is -2.39. The second-order valence-corrected chi connectivity index (χ2v) is 8.76. The lowest BCUT2D eigenvalue weighted by molar-refractivity contribution is -0.139. The fourth-order valence-electron chi connectivity index (χ4n) is 4.95. The maximum absolute atomic E-state index is 13.1. The molecule has 0 fully saturated rings. The van der Waals surface area contributed by atoms with Gasteiger partial charge in [0.2, 0.25) is 0 Å². The molecule has 0 atom stereocenters. The van der Waals surface area contributed by atoms with Crippen LogP contribution in [-0.2, 0) is 14.4 Å². The van der Waals surface area contributed by atoms with Gasteiger partial charge in [0.15, 0.2) is 23.9 Å². The van der Waals surface area contributed by atoms with Gasteiger partial charge in [-0.15, -0.1) is 0 Å². The fraction of sp³-hybridized carbons (Fsp3) is 0.435. The van der Waals surface area contributed by atoms with Crippen molar-refractivity contribution in [1.82, 2.24) is 4.90 Å². The number of aliphatic carboxylic acids is 1. The monoisotopic (exact) mass is 463 g/mol. The minimum atomic E-state index is -1.15. The molecule has 0 unspecified atom stereocenters. The van der Waals surface area contributed by atoms with Crippen LogP contribution >= 0.6 is 23.2 Å². The van der Waals surface area contributed by atoms with Crippen molar-refractivity contribution in [3.05, 3.63) is 50.3 Å². The Labute approximate surface area is 190 Å². The molecule has 0 radical (unpaired) electrons. The van der Waals surface area contributed by atoms with Crippen molar-refractivity contribution >= 4 is 40.7 Å². The summed E-state index contributed by atoms with van der Waals surface area (Å²) in [6, 6.07) is 3.27. The van der Waals surface area contributed by atoms with E-state index >= 15 is 0 Å². The van der Waals surface area contributed by atoms with Crippen LogP contribution in [-0.4, -0.2) is 40.7 Å². The van der Waals surface area contributed by atoms with E-state index in [0.717, 1.165) is 37.1 Å². The quantitative estimate of drug-likeness (QED) is 0.668. The Bertz CT molecular complexity index is 975. The zero-order valence-electron chi connectivity index (χ0n) is 17.2. The van der Waals surface area contributed by atoms with E-state index in [2.05, 4.69) is 4.90 Å². The van der Waals surface area contributed by atoms with Crippen LogP contribution in [0, 0.1) is 0 Å². The van der Waals surface area contributed by atoms with Crippen LogP contribution in [0.1, 0.15) is 56.9 Å². The molecule has 2 aliphatic carbocycles. The largest absolute Gasteiger partial charge is 0.479 e. The first-order chi connectivity index (χ1) is 14.8. The Kier molecular flexibility index (Phi) is 6.13. The molecule has 1 aromatic carbocycles.